The van der Waals surface area contributed by atoms with Crippen molar-refractivity contribution in [2.24, 2.45) is 0 Å². The Morgan fingerprint density at radius 2 is 1.85 bits per heavy atom. The summed E-state index contributed by atoms with van der Waals surface area (Å²) < 4.78 is 5.71. The van der Waals surface area contributed by atoms with E-state index in [0.29, 0.717) is 28.1 Å². The maximum Gasteiger partial charge on any atom is 0.229 e. The van der Waals surface area contributed by atoms with Crippen LogP contribution in [0.2, 0.25) is 10.3 Å². The van der Waals surface area contributed by atoms with E-state index in [4.69, 9.17) is 27.6 Å². The molecule has 0 unspecified atom stereocenters. The molecule has 0 radical (unpaired) electrons. The number of anilines is 1. The number of rotatable bonds is 2. The average Bonchev–Trinajstić information content (AvgIpc) is 2.80. The van der Waals surface area contributed by atoms with Crippen LogP contribution in [-0.4, -0.2) is 29.0 Å². The number of aromatic nitrogens is 3. The fourth-order valence-corrected chi connectivity index (χ4v) is 2.11. The fraction of sp³-hybridized carbons (Fsp3) is 0.154. The lowest BCUT2D eigenvalue weighted by Gasteiger charge is -2.09. The van der Waals surface area contributed by atoms with Crippen LogP contribution in [0.3, 0.4) is 0 Å². The predicted molar refractivity (Wildman–Crippen MR) is 79.4 cm³/mol. The van der Waals surface area contributed by atoms with Crippen molar-refractivity contribution in [1.82, 2.24) is 15.0 Å². The lowest BCUT2D eigenvalue weighted by atomic mass is 10.2. The molecule has 3 aromatic rings. The van der Waals surface area contributed by atoms with Crippen LogP contribution in [0.4, 0.5) is 5.95 Å². The van der Waals surface area contributed by atoms with E-state index < -0.39 is 0 Å². The van der Waals surface area contributed by atoms with E-state index in [1.807, 2.05) is 26.2 Å². The Hall–Kier alpha value is -1.85. The summed E-state index contributed by atoms with van der Waals surface area (Å²) in [6.07, 6.45) is 0. The summed E-state index contributed by atoms with van der Waals surface area (Å²) in [5.74, 6) is 1.38. The van der Waals surface area contributed by atoms with Gasteiger partial charge in [0.25, 0.3) is 0 Å². The molecule has 7 heteroatoms. The standard InChI is InChI=1S/C13H10Cl2N4O/c1-19(2)13-17-11(16-12(15)18-13)10-6-7-5-8(14)3-4-9(7)20-10/h3-6H,1-2H3. The molecule has 0 atom stereocenters. The van der Waals surface area contributed by atoms with Crippen molar-refractivity contribution in [1.29, 1.82) is 0 Å². The average molecular weight is 309 g/mol. The van der Waals surface area contributed by atoms with E-state index in [-0.39, 0.29) is 5.28 Å². The molecule has 0 aliphatic carbocycles. The molecule has 20 heavy (non-hydrogen) atoms. The van der Waals surface area contributed by atoms with Crippen molar-refractivity contribution < 1.29 is 4.42 Å². The Morgan fingerprint density at radius 3 is 2.60 bits per heavy atom. The van der Waals surface area contributed by atoms with Crippen molar-refractivity contribution in [3.8, 4) is 11.6 Å². The van der Waals surface area contributed by atoms with Gasteiger partial charge in [-0.2, -0.15) is 15.0 Å². The number of benzene rings is 1. The van der Waals surface area contributed by atoms with Crippen molar-refractivity contribution in [2.45, 2.75) is 0 Å². The highest BCUT2D eigenvalue weighted by Gasteiger charge is 2.13. The first-order valence-corrected chi connectivity index (χ1v) is 6.57. The molecule has 0 saturated heterocycles. The van der Waals surface area contributed by atoms with E-state index in [1.54, 1.807) is 17.0 Å². The third kappa shape index (κ3) is 2.42. The second kappa shape index (κ2) is 4.92. The summed E-state index contributed by atoms with van der Waals surface area (Å²) in [6, 6.07) is 7.21. The van der Waals surface area contributed by atoms with Crippen LogP contribution in [0.25, 0.3) is 22.6 Å². The molecular formula is C13H10Cl2N4O. The fourth-order valence-electron chi connectivity index (χ4n) is 1.77. The molecule has 1 aromatic carbocycles. The largest absolute Gasteiger partial charge is 0.453 e. The van der Waals surface area contributed by atoms with Gasteiger partial charge in [0.05, 0.1) is 0 Å². The maximum absolute atomic E-state index is 5.96. The van der Waals surface area contributed by atoms with Crippen LogP contribution in [0.15, 0.2) is 28.7 Å². The monoisotopic (exact) mass is 308 g/mol. The third-order valence-electron chi connectivity index (χ3n) is 2.70. The molecule has 0 spiro atoms. The minimum atomic E-state index is 0.122. The van der Waals surface area contributed by atoms with Gasteiger partial charge in [-0.25, -0.2) is 0 Å². The summed E-state index contributed by atoms with van der Waals surface area (Å²) in [4.78, 5) is 14.2. The summed E-state index contributed by atoms with van der Waals surface area (Å²) >= 11 is 11.9. The topological polar surface area (TPSA) is 55.1 Å². The zero-order valence-corrected chi connectivity index (χ0v) is 12.3. The second-order valence-electron chi connectivity index (χ2n) is 4.42. The number of nitrogens with zero attached hydrogens (tertiary/aromatic N) is 4. The van der Waals surface area contributed by atoms with E-state index in [2.05, 4.69) is 15.0 Å². The minimum Gasteiger partial charge on any atom is -0.453 e. The molecule has 0 fully saturated rings. The van der Waals surface area contributed by atoms with Crippen LogP contribution in [0.5, 0.6) is 0 Å². The molecule has 0 bridgehead atoms. The highest BCUT2D eigenvalue weighted by molar-refractivity contribution is 6.31. The quantitative estimate of drug-likeness (QED) is 0.723. The molecular weight excluding hydrogens is 299 g/mol. The van der Waals surface area contributed by atoms with Gasteiger partial charge in [-0.05, 0) is 35.9 Å². The van der Waals surface area contributed by atoms with Crippen molar-refractivity contribution >= 4 is 40.1 Å². The number of halogens is 2. The van der Waals surface area contributed by atoms with Crippen LogP contribution >= 0.6 is 23.2 Å². The number of hydrogen-bond acceptors (Lipinski definition) is 5. The molecule has 0 aliphatic rings. The smallest absolute Gasteiger partial charge is 0.229 e. The highest BCUT2D eigenvalue weighted by atomic mass is 35.5. The first-order valence-electron chi connectivity index (χ1n) is 5.81. The van der Waals surface area contributed by atoms with E-state index in [1.165, 1.54) is 0 Å². The van der Waals surface area contributed by atoms with Crippen LogP contribution in [-0.2, 0) is 0 Å². The zero-order valence-electron chi connectivity index (χ0n) is 10.8. The number of hydrogen-bond donors (Lipinski definition) is 0. The van der Waals surface area contributed by atoms with Gasteiger partial charge in [-0.3, -0.25) is 0 Å². The molecule has 0 N–H and O–H groups in total. The predicted octanol–water partition coefficient (Wildman–Crippen LogP) is 3.66. The SMILES string of the molecule is CN(C)c1nc(Cl)nc(-c2cc3cc(Cl)ccc3o2)n1. The van der Waals surface area contributed by atoms with Crippen molar-refractivity contribution in [3.05, 3.63) is 34.6 Å². The van der Waals surface area contributed by atoms with Gasteiger partial charge in [-0.1, -0.05) is 11.6 Å². The zero-order chi connectivity index (χ0) is 14.3. The highest BCUT2D eigenvalue weighted by Crippen LogP contribution is 2.28. The molecule has 0 amide bonds. The Morgan fingerprint density at radius 1 is 1.05 bits per heavy atom. The number of furan rings is 1. The Bertz CT molecular complexity index is 785. The van der Waals surface area contributed by atoms with Gasteiger partial charge in [0.2, 0.25) is 17.1 Å². The van der Waals surface area contributed by atoms with E-state index in [9.17, 15) is 0 Å². The number of fused-ring (bicyclic) bond motifs is 1. The van der Waals surface area contributed by atoms with E-state index in [0.717, 1.165) is 5.39 Å². The summed E-state index contributed by atoms with van der Waals surface area (Å²) in [5.41, 5.74) is 0.715. The summed E-state index contributed by atoms with van der Waals surface area (Å²) in [5, 5.41) is 1.65. The first-order chi connectivity index (χ1) is 9.52. The Kier molecular flexibility index (Phi) is 3.23. The molecule has 3 rings (SSSR count). The van der Waals surface area contributed by atoms with Crippen molar-refractivity contribution in [2.75, 3.05) is 19.0 Å². The van der Waals surface area contributed by atoms with Gasteiger partial charge < -0.3 is 9.32 Å². The summed E-state index contributed by atoms with van der Waals surface area (Å²) in [7, 11) is 3.65. The van der Waals surface area contributed by atoms with Gasteiger partial charge in [0, 0.05) is 24.5 Å². The molecule has 2 heterocycles. The Balaban J connectivity index is 2.15. The van der Waals surface area contributed by atoms with Crippen LogP contribution < -0.4 is 4.90 Å². The molecule has 2 aromatic heterocycles. The van der Waals surface area contributed by atoms with Crippen LogP contribution in [0, 0.1) is 0 Å². The Labute approximate surface area is 125 Å². The van der Waals surface area contributed by atoms with Crippen molar-refractivity contribution in [3.63, 3.8) is 0 Å². The summed E-state index contributed by atoms with van der Waals surface area (Å²) in [6.45, 7) is 0. The van der Waals surface area contributed by atoms with E-state index >= 15 is 0 Å². The molecule has 5 nitrogen and oxygen atoms in total. The normalized spacial score (nSPS) is 11.0. The van der Waals surface area contributed by atoms with Gasteiger partial charge >= 0.3 is 0 Å². The lowest BCUT2D eigenvalue weighted by Crippen LogP contribution is -2.13. The third-order valence-corrected chi connectivity index (χ3v) is 3.10. The van der Waals surface area contributed by atoms with Gasteiger partial charge in [-0.15, -0.1) is 0 Å². The minimum absolute atomic E-state index is 0.122. The first kappa shape index (κ1) is 13.1. The maximum atomic E-state index is 5.96. The lowest BCUT2D eigenvalue weighted by molar-refractivity contribution is 0.624. The van der Waals surface area contributed by atoms with Crippen LogP contribution in [0.1, 0.15) is 0 Å². The molecule has 0 aliphatic heterocycles. The van der Waals surface area contributed by atoms with Gasteiger partial charge in [0.15, 0.2) is 5.76 Å². The van der Waals surface area contributed by atoms with Gasteiger partial charge in [0.1, 0.15) is 5.58 Å². The molecule has 102 valence electrons. The second-order valence-corrected chi connectivity index (χ2v) is 5.19. The molecule has 0 saturated carbocycles.